The zero-order valence-electron chi connectivity index (χ0n) is 6.95. The van der Waals surface area contributed by atoms with Gasteiger partial charge in [-0.2, -0.15) is 0 Å². The summed E-state index contributed by atoms with van der Waals surface area (Å²) in [6, 6.07) is 0.225. The molecule has 4 aliphatic rings. The number of hydrogen-bond acceptors (Lipinski definition) is 1. The van der Waals surface area contributed by atoms with Crippen LogP contribution in [0, 0.1) is 0 Å². The molecule has 0 aromatic carbocycles. The molecule has 0 radical (unpaired) electrons. The first-order valence-electron chi connectivity index (χ1n) is 4.71. The van der Waals surface area contributed by atoms with E-state index in [1.54, 1.807) is 0 Å². The van der Waals surface area contributed by atoms with E-state index in [1.807, 2.05) is 0 Å². The lowest BCUT2D eigenvalue weighted by Crippen LogP contribution is -2.66. The standard InChI is InChI=1S/C9H13F2N/c10-8-1-6-2-9(11,5-8)4-7(3-8)12-6/h6-7,12H,1-5H2. The summed E-state index contributed by atoms with van der Waals surface area (Å²) in [7, 11) is 0. The van der Waals surface area contributed by atoms with Crippen LogP contribution >= 0.6 is 0 Å². The van der Waals surface area contributed by atoms with Gasteiger partial charge in [-0.3, -0.25) is 0 Å². The van der Waals surface area contributed by atoms with E-state index < -0.39 is 11.3 Å². The van der Waals surface area contributed by atoms with Crippen molar-refractivity contribution in [1.82, 2.24) is 5.32 Å². The minimum atomic E-state index is -1.17. The van der Waals surface area contributed by atoms with E-state index in [2.05, 4.69) is 5.32 Å². The fraction of sp³-hybridized carbons (Fsp3) is 1.00. The predicted octanol–water partition coefficient (Wildman–Crippen LogP) is 1.72. The quantitative estimate of drug-likeness (QED) is 0.588. The lowest BCUT2D eigenvalue weighted by atomic mass is 9.61. The fourth-order valence-corrected chi connectivity index (χ4v) is 3.50. The highest BCUT2D eigenvalue weighted by atomic mass is 19.2. The Bertz CT molecular complexity index is 195. The van der Waals surface area contributed by atoms with Crippen LogP contribution in [0.3, 0.4) is 0 Å². The van der Waals surface area contributed by atoms with Crippen LogP contribution in [0.1, 0.15) is 32.1 Å². The molecule has 12 heavy (non-hydrogen) atoms. The van der Waals surface area contributed by atoms with Gasteiger partial charge in [-0.15, -0.1) is 0 Å². The van der Waals surface area contributed by atoms with Crippen molar-refractivity contribution in [3.8, 4) is 0 Å². The maximum atomic E-state index is 13.8. The summed E-state index contributed by atoms with van der Waals surface area (Å²) in [6.07, 6.45) is 2.31. The smallest absolute Gasteiger partial charge is 0.117 e. The Morgan fingerprint density at radius 1 is 0.917 bits per heavy atom. The second-order valence-corrected chi connectivity index (χ2v) is 4.86. The molecule has 68 valence electrons. The van der Waals surface area contributed by atoms with E-state index in [0.717, 1.165) is 0 Å². The molecule has 0 unspecified atom stereocenters. The maximum Gasteiger partial charge on any atom is 0.117 e. The molecule has 0 aromatic heterocycles. The number of hydrogen-bond donors (Lipinski definition) is 1. The second kappa shape index (κ2) is 1.84. The Morgan fingerprint density at radius 3 is 1.67 bits per heavy atom. The van der Waals surface area contributed by atoms with Crippen LogP contribution < -0.4 is 5.32 Å². The molecule has 2 aliphatic heterocycles. The van der Waals surface area contributed by atoms with Gasteiger partial charge in [0.15, 0.2) is 0 Å². The molecule has 0 spiro atoms. The Kier molecular flexibility index (Phi) is 1.11. The first-order valence-corrected chi connectivity index (χ1v) is 4.71. The van der Waals surface area contributed by atoms with Crippen LogP contribution in [0.25, 0.3) is 0 Å². The lowest BCUT2D eigenvalue weighted by Gasteiger charge is -2.56. The summed E-state index contributed by atoms with van der Waals surface area (Å²) in [5.74, 6) is 0. The highest BCUT2D eigenvalue weighted by Crippen LogP contribution is 2.53. The van der Waals surface area contributed by atoms with E-state index in [1.165, 1.54) is 0 Å². The number of rotatable bonds is 0. The third kappa shape index (κ3) is 0.859. The first kappa shape index (κ1) is 7.25. The largest absolute Gasteiger partial charge is 0.311 e. The molecule has 1 nitrogen and oxygen atoms in total. The average Bonchev–Trinajstić information content (AvgIpc) is 1.75. The Hall–Kier alpha value is -0.180. The van der Waals surface area contributed by atoms with Gasteiger partial charge in [0, 0.05) is 18.5 Å². The van der Waals surface area contributed by atoms with Gasteiger partial charge in [0.2, 0.25) is 0 Å². The summed E-state index contributed by atoms with van der Waals surface area (Å²) in [5, 5.41) is 3.28. The van der Waals surface area contributed by atoms with Crippen molar-refractivity contribution in [2.24, 2.45) is 0 Å². The van der Waals surface area contributed by atoms with Crippen molar-refractivity contribution in [2.75, 3.05) is 0 Å². The lowest BCUT2D eigenvalue weighted by molar-refractivity contribution is -0.108. The van der Waals surface area contributed by atoms with E-state index >= 15 is 0 Å². The third-order valence-corrected chi connectivity index (χ3v) is 3.55. The minimum absolute atomic E-state index is 0.112. The molecule has 0 amide bonds. The molecule has 3 heteroatoms. The van der Waals surface area contributed by atoms with Gasteiger partial charge in [-0.25, -0.2) is 8.78 Å². The Morgan fingerprint density at radius 2 is 1.33 bits per heavy atom. The van der Waals surface area contributed by atoms with Crippen molar-refractivity contribution >= 4 is 0 Å². The summed E-state index contributed by atoms with van der Waals surface area (Å²) in [6.45, 7) is 0. The number of nitrogens with one attached hydrogen (secondary N) is 1. The summed E-state index contributed by atoms with van der Waals surface area (Å²) in [4.78, 5) is 0. The fourth-order valence-electron chi connectivity index (χ4n) is 3.50. The second-order valence-electron chi connectivity index (χ2n) is 4.86. The minimum Gasteiger partial charge on any atom is -0.311 e. The molecule has 2 saturated carbocycles. The van der Waals surface area contributed by atoms with Gasteiger partial charge in [-0.05, 0) is 25.7 Å². The third-order valence-electron chi connectivity index (χ3n) is 3.55. The molecule has 4 rings (SSSR count). The molecule has 2 aliphatic carbocycles. The van der Waals surface area contributed by atoms with Gasteiger partial charge in [0.05, 0.1) is 0 Å². The van der Waals surface area contributed by atoms with Gasteiger partial charge in [0.1, 0.15) is 11.3 Å². The SMILES string of the molecule is FC12CC3CC(F)(CC(C1)N3)C2. The van der Waals surface area contributed by atoms with E-state index in [4.69, 9.17) is 0 Å². The van der Waals surface area contributed by atoms with Crippen LogP contribution in [0.5, 0.6) is 0 Å². The number of halogens is 2. The van der Waals surface area contributed by atoms with Crippen LogP contribution in [0.2, 0.25) is 0 Å². The summed E-state index contributed by atoms with van der Waals surface area (Å²) >= 11 is 0. The zero-order chi connectivity index (χ0) is 8.40. The van der Waals surface area contributed by atoms with E-state index in [0.29, 0.717) is 25.7 Å². The molecule has 0 atom stereocenters. The normalized spacial score (nSPS) is 62.5. The molecule has 4 bridgehead atoms. The Balaban J connectivity index is 1.98. The molecule has 1 N–H and O–H groups in total. The van der Waals surface area contributed by atoms with Crippen LogP contribution in [-0.4, -0.2) is 23.4 Å². The summed E-state index contributed by atoms with van der Waals surface area (Å²) < 4.78 is 27.7. The number of piperidine rings is 2. The van der Waals surface area contributed by atoms with Crippen molar-refractivity contribution in [3.63, 3.8) is 0 Å². The Labute approximate surface area is 70.5 Å². The molecular formula is C9H13F2N. The van der Waals surface area contributed by atoms with Gasteiger partial charge in [0.25, 0.3) is 0 Å². The molecule has 4 fully saturated rings. The van der Waals surface area contributed by atoms with Gasteiger partial charge >= 0.3 is 0 Å². The highest BCUT2D eigenvalue weighted by Gasteiger charge is 2.58. The van der Waals surface area contributed by atoms with Crippen molar-refractivity contribution in [1.29, 1.82) is 0 Å². The van der Waals surface area contributed by atoms with Crippen molar-refractivity contribution in [3.05, 3.63) is 0 Å². The molecular weight excluding hydrogens is 160 g/mol. The first-order chi connectivity index (χ1) is 5.57. The zero-order valence-corrected chi connectivity index (χ0v) is 6.95. The van der Waals surface area contributed by atoms with Crippen molar-refractivity contribution < 1.29 is 8.78 Å². The predicted molar refractivity (Wildman–Crippen MR) is 41.5 cm³/mol. The van der Waals surface area contributed by atoms with Crippen LogP contribution in [0.15, 0.2) is 0 Å². The number of alkyl halides is 2. The summed E-state index contributed by atoms with van der Waals surface area (Å²) in [5.41, 5.74) is -2.35. The van der Waals surface area contributed by atoms with Crippen LogP contribution in [-0.2, 0) is 0 Å². The van der Waals surface area contributed by atoms with Gasteiger partial charge in [-0.1, -0.05) is 0 Å². The van der Waals surface area contributed by atoms with Gasteiger partial charge < -0.3 is 5.32 Å². The molecule has 2 saturated heterocycles. The highest BCUT2D eigenvalue weighted by molar-refractivity contribution is 5.13. The van der Waals surface area contributed by atoms with E-state index in [9.17, 15) is 8.78 Å². The topological polar surface area (TPSA) is 12.0 Å². The van der Waals surface area contributed by atoms with E-state index in [-0.39, 0.29) is 18.5 Å². The van der Waals surface area contributed by atoms with Crippen molar-refractivity contribution in [2.45, 2.75) is 55.5 Å². The maximum absolute atomic E-state index is 13.8. The average molecular weight is 173 g/mol. The monoisotopic (exact) mass is 173 g/mol. The van der Waals surface area contributed by atoms with Crippen LogP contribution in [0.4, 0.5) is 8.78 Å². The molecule has 0 aromatic rings. The molecule has 2 heterocycles.